The Kier molecular flexibility index (Phi) is 12.6. The van der Waals surface area contributed by atoms with Crippen molar-refractivity contribution in [2.24, 2.45) is 5.92 Å². The lowest BCUT2D eigenvalue weighted by atomic mass is 9.80. The maximum absolute atomic E-state index is 11.9. The molecule has 1 fully saturated rings. The number of phenols is 1. The number of unbranched alkanes of at least 4 members (excludes halogenated alkanes) is 7. The number of hydrogen-bond acceptors (Lipinski definition) is 8. The average Bonchev–Trinajstić information content (AvgIpc) is 3.79. The third kappa shape index (κ3) is 9.11. The summed E-state index contributed by atoms with van der Waals surface area (Å²) in [6.45, 7) is 2.94. The Morgan fingerprint density at radius 3 is 2.43 bits per heavy atom. The van der Waals surface area contributed by atoms with Crippen LogP contribution >= 0.6 is 0 Å². The molecule has 1 unspecified atom stereocenters. The first-order valence-electron chi connectivity index (χ1n) is 17.5. The Labute approximate surface area is 278 Å². The van der Waals surface area contributed by atoms with Gasteiger partial charge in [-0.05, 0) is 69.1 Å². The molecule has 5 N–H and O–H groups in total. The molecule has 5 rings (SSSR count). The van der Waals surface area contributed by atoms with Gasteiger partial charge >= 0.3 is 0 Å². The Hall–Kier alpha value is -3.50. The zero-order chi connectivity index (χ0) is 33.1. The molecule has 2 atom stereocenters. The van der Waals surface area contributed by atoms with Crippen molar-refractivity contribution in [1.29, 1.82) is 0 Å². The summed E-state index contributed by atoms with van der Waals surface area (Å²) in [5, 5.41) is 36.6. The first kappa shape index (κ1) is 34.8. The van der Waals surface area contributed by atoms with E-state index in [0.717, 1.165) is 69.4 Å². The van der Waals surface area contributed by atoms with E-state index >= 15 is 0 Å². The maximum atomic E-state index is 11.9. The van der Waals surface area contributed by atoms with Crippen LogP contribution in [0.3, 0.4) is 0 Å². The number of oxazole rings is 1. The minimum absolute atomic E-state index is 0.000674. The van der Waals surface area contributed by atoms with Gasteiger partial charge in [-0.25, -0.2) is 4.98 Å². The van der Waals surface area contributed by atoms with Crippen LogP contribution in [0.4, 0.5) is 0 Å². The van der Waals surface area contributed by atoms with Crippen molar-refractivity contribution in [2.45, 2.75) is 95.3 Å². The number of aromatic amines is 1. The summed E-state index contributed by atoms with van der Waals surface area (Å²) >= 11 is 0. The van der Waals surface area contributed by atoms with Crippen LogP contribution in [-0.4, -0.2) is 56.9 Å². The summed E-state index contributed by atoms with van der Waals surface area (Å²) in [5.74, 6) is 1.35. The number of benzene rings is 2. The Bertz CT molecular complexity index is 1580. The number of pyridine rings is 1. The molecule has 1 aliphatic carbocycles. The number of hydrogen-bond donors (Lipinski definition) is 5. The molecule has 4 aromatic rings. The normalized spacial score (nSPS) is 15.8. The van der Waals surface area contributed by atoms with Crippen molar-refractivity contribution in [3.05, 3.63) is 93.9 Å². The fourth-order valence-electron chi connectivity index (χ4n) is 7.06. The summed E-state index contributed by atoms with van der Waals surface area (Å²) < 4.78 is 6.21. The third-order valence-corrected chi connectivity index (χ3v) is 9.71. The van der Waals surface area contributed by atoms with Gasteiger partial charge in [0.15, 0.2) is 5.60 Å². The second-order valence-electron chi connectivity index (χ2n) is 13.3. The van der Waals surface area contributed by atoms with Crippen LogP contribution < -0.4 is 10.9 Å². The fourth-order valence-corrected chi connectivity index (χ4v) is 7.06. The summed E-state index contributed by atoms with van der Waals surface area (Å²) in [5.41, 5.74) is 0.442. The van der Waals surface area contributed by atoms with Crippen LogP contribution in [0.15, 0.2) is 70.0 Å². The average molecular weight is 645 g/mol. The van der Waals surface area contributed by atoms with Crippen molar-refractivity contribution in [2.75, 3.05) is 26.7 Å². The standard InChI is InChI=1S/C38H52N4O5/c1-42(27-30-25-40-37(47-30)38(46,29-17-11-12-18-29)28-15-9-8-10-16-28)24-14-7-5-3-2-4-6-13-23-39-26-34(44)31-19-21-33(43)36-32(31)20-22-35(45)41-36/h8-10,15-16,19-22,25,29,34,39,43-44,46H,2-7,11-14,17-18,23-24,26-27H2,1H3,(H,41,45)/t34-,38?/m0/s1. The van der Waals surface area contributed by atoms with Crippen LogP contribution in [0.2, 0.25) is 0 Å². The number of rotatable bonds is 19. The molecule has 0 saturated heterocycles. The molecule has 47 heavy (non-hydrogen) atoms. The molecule has 0 bridgehead atoms. The minimum Gasteiger partial charge on any atom is -0.506 e. The molecule has 0 amide bonds. The van der Waals surface area contributed by atoms with Gasteiger partial charge in [-0.2, -0.15) is 0 Å². The van der Waals surface area contributed by atoms with Crippen LogP contribution in [0.25, 0.3) is 10.9 Å². The monoisotopic (exact) mass is 644 g/mol. The molecular formula is C38H52N4O5. The molecule has 0 spiro atoms. The van der Waals surface area contributed by atoms with E-state index in [-0.39, 0.29) is 17.2 Å². The lowest BCUT2D eigenvalue weighted by molar-refractivity contribution is -0.00726. The second kappa shape index (κ2) is 17.1. The smallest absolute Gasteiger partial charge is 0.248 e. The zero-order valence-corrected chi connectivity index (χ0v) is 27.8. The zero-order valence-electron chi connectivity index (χ0n) is 27.8. The molecule has 0 radical (unpaired) electrons. The van der Waals surface area contributed by atoms with E-state index in [9.17, 15) is 20.1 Å². The van der Waals surface area contributed by atoms with E-state index in [1.807, 2.05) is 30.3 Å². The van der Waals surface area contributed by atoms with Gasteiger partial charge in [0.2, 0.25) is 11.4 Å². The highest BCUT2D eigenvalue weighted by Gasteiger charge is 2.45. The largest absolute Gasteiger partial charge is 0.506 e. The highest BCUT2D eigenvalue weighted by Crippen LogP contribution is 2.44. The minimum atomic E-state index is -1.18. The highest BCUT2D eigenvalue weighted by atomic mass is 16.4. The number of aromatic nitrogens is 2. The van der Waals surface area contributed by atoms with Crippen molar-refractivity contribution in [1.82, 2.24) is 20.2 Å². The van der Waals surface area contributed by atoms with Crippen LogP contribution in [-0.2, 0) is 12.1 Å². The number of nitrogens with zero attached hydrogens (tertiary/aromatic N) is 2. The van der Waals surface area contributed by atoms with Crippen molar-refractivity contribution in [3.63, 3.8) is 0 Å². The summed E-state index contributed by atoms with van der Waals surface area (Å²) in [7, 11) is 2.12. The van der Waals surface area contributed by atoms with Gasteiger partial charge in [0, 0.05) is 23.9 Å². The van der Waals surface area contributed by atoms with Gasteiger partial charge in [-0.1, -0.05) is 87.8 Å². The predicted molar refractivity (Wildman–Crippen MR) is 185 cm³/mol. The van der Waals surface area contributed by atoms with Gasteiger partial charge in [0.25, 0.3) is 0 Å². The number of aliphatic hydroxyl groups is 2. The molecule has 2 aromatic heterocycles. The Balaban J connectivity index is 0.918. The van der Waals surface area contributed by atoms with Gasteiger partial charge in [-0.15, -0.1) is 0 Å². The number of nitrogens with one attached hydrogen (secondary N) is 2. The van der Waals surface area contributed by atoms with Crippen LogP contribution in [0, 0.1) is 5.92 Å². The van der Waals surface area contributed by atoms with Gasteiger partial charge in [0.1, 0.15) is 11.5 Å². The lowest BCUT2D eigenvalue weighted by Crippen LogP contribution is -2.35. The summed E-state index contributed by atoms with van der Waals surface area (Å²) in [6.07, 6.45) is 14.8. The maximum Gasteiger partial charge on any atom is 0.248 e. The van der Waals surface area contributed by atoms with E-state index < -0.39 is 11.7 Å². The quantitative estimate of drug-likeness (QED) is 0.0728. The number of fused-ring (bicyclic) bond motifs is 1. The lowest BCUT2D eigenvalue weighted by Gasteiger charge is -2.31. The van der Waals surface area contributed by atoms with E-state index in [0.29, 0.717) is 35.4 Å². The molecule has 9 nitrogen and oxygen atoms in total. The predicted octanol–water partition coefficient (Wildman–Crippen LogP) is 6.52. The molecule has 9 heteroatoms. The highest BCUT2D eigenvalue weighted by molar-refractivity contribution is 5.87. The number of aliphatic hydroxyl groups excluding tert-OH is 1. The van der Waals surface area contributed by atoms with E-state index in [4.69, 9.17) is 4.42 Å². The summed E-state index contributed by atoms with van der Waals surface area (Å²) in [4.78, 5) is 21.1. The topological polar surface area (TPSA) is 135 Å². The molecule has 1 aliphatic rings. The van der Waals surface area contributed by atoms with E-state index in [1.165, 1.54) is 44.2 Å². The third-order valence-electron chi connectivity index (χ3n) is 9.71. The van der Waals surface area contributed by atoms with Gasteiger partial charge < -0.3 is 30.0 Å². The van der Waals surface area contributed by atoms with E-state index in [1.54, 1.807) is 18.3 Å². The molecule has 254 valence electrons. The Morgan fingerprint density at radius 1 is 0.979 bits per heavy atom. The fraction of sp³-hybridized carbons (Fsp3) is 0.526. The number of H-pyrrole nitrogens is 1. The van der Waals surface area contributed by atoms with Crippen LogP contribution in [0.5, 0.6) is 5.75 Å². The van der Waals surface area contributed by atoms with Gasteiger partial charge in [-0.3, -0.25) is 9.69 Å². The van der Waals surface area contributed by atoms with Crippen molar-refractivity contribution < 1.29 is 19.7 Å². The molecule has 1 saturated carbocycles. The first-order valence-corrected chi connectivity index (χ1v) is 17.5. The molecule has 2 aromatic carbocycles. The molecule has 2 heterocycles. The first-order chi connectivity index (χ1) is 22.9. The number of phenolic OH excluding ortho intramolecular Hbond substituents is 1. The molecule has 0 aliphatic heterocycles. The number of aromatic hydroxyl groups is 1. The second-order valence-corrected chi connectivity index (χ2v) is 13.3. The molecular weight excluding hydrogens is 592 g/mol. The SMILES string of the molecule is CN(CCCCCCCCCCNC[C@H](O)c1ccc(O)c2[nH]c(=O)ccc12)Cc1cnc(C(O)(c2ccccc2)C2CCCC2)o1. The summed E-state index contributed by atoms with van der Waals surface area (Å²) in [6, 6.07) is 16.1. The Morgan fingerprint density at radius 2 is 1.68 bits per heavy atom. The van der Waals surface area contributed by atoms with E-state index in [2.05, 4.69) is 27.2 Å². The van der Waals surface area contributed by atoms with Crippen LogP contribution in [0.1, 0.15) is 106 Å². The van der Waals surface area contributed by atoms with Crippen molar-refractivity contribution in [3.8, 4) is 5.75 Å². The van der Waals surface area contributed by atoms with Crippen molar-refractivity contribution >= 4 is 10.9 Å². The van der Waals surface area contributed by atoms with Gasteiger partial charge in [0.05, 0.1) is 24.4 Å².